The second kappa shape index (κ2) is 5.78. The Morgan fingerprint density at radius 3 is 2.86 bits per heavy atom. The van der Waals surface area contributed by atoms with Crippen LogP contribution in [-0.4, -0.2) is 11.9 Å². The molecular weight excluding hydrogens is 284 g/mol. The monoisotopic (exact) mass is 300 g/mol. The van der Waals surface area contributed by atoms with Crippen molar-refractivity contribution in [2.75, 3.05) is 5.32 Å². The van der Waals surface area contributed by atoms with Crippen LogP contribution in [0.25, 0.3) is 0 Å². The number of carbonyl (C=O) groups excluding carboxylic acids is 1. The molecule has 3 rings (SSSR count). The number of rotatable bonds is 3. The number of hydrogen-bond donors (Lipinski definition) is 2. The first-order valence-electron chi connectivity index (χ1n) is 7.01. The van der Waals surface area contributed by atoms with Crippen molar-refractivity contribution in [3.8, 4) is 0 Å². The molecule has 1 aliphatic rings. The van der Waals surface area contributed by atoms with Crippen LogP contribution in [0.1, 0.15) is 16.7 Å². The Labute approximate surface area is 129 Å². The van der Waals surface area contributed by atoms with Gasteiger partial charge in [-0.2, -0.15) is 0 Å². The highest BCUT2D eigenvalue weighted by atomic mass is 35.5. The van der Waals surface area contributed by atoms with Gasteiger partial charge in [0.25, 0.3) is 0 Å². The van der Waals surface area contributed by atoms with E-state index in [1.807, 2.05) is 30.3 Å². The van der Waals surface area contributed by atoms with E-state index in [9.17, 15) is 4.79 Å². The lowest BCUT2D eigenvalue weighted by molar-refractivity contribution is -0.121. The summed E-state index contributed by atoms with van der Waals surface area (Å²) in [7, 11) is 0. The van der Waals surface area contributed by atoms with E-state index >= 15 is 0 Å². The van der Waals surface area contributed by atoms with Crippen molar-refractivity contribution in [3.63, 3.8) is 0 Å². The molecule has 0 fully saturated rings. The second-order valence-corrected chi connectivity index (χ2v) is 5.73. The van der Waals surface area contributed by atoms with E-state index < -0.39 is 0 Å². The van der Waals surface area contributed by atoms with Crippen molar-refractivity contribution in [3.05, 3.63) is 64.2 Å². The molecule has 0 saturated carbocycles. The summed E-state index contributed by atoms with van der Waals surface area (Å²) >= 11 is 6.09. The van der Waals surface area contributed by atoms with Gasteiger partial charge in [0.05, 0.1) is 0 Å². The molecule has 0 spiro atoms. The Morgan fingerprint density at radius 2 is 2.10 bits per heavy atom. The summed E-state index contributed by atoms with van der Waals surface area (Å²) in [6.45, 7) is 2.50. The first-order valence-corrected chi connectivity index (χ1v) is 7.39. The molecule has 108 valence electrons. The molecule has 2 aromatic carbocycles. The average Bonchev–Trinajstić information content (AvgIpc) is 2.92. The summed E-state index contributed by atoms with van der Waals surface area (Å²) in [4.78, 5) is 12.3. The van der Waals surface area contributed by atoms with Crippen molar-refractivity contribution in [2.24, 2.45) is 0 Å². The fraction of sp³-hybridized carbons (Fsp3) is 0.235. The number of benzene rings is 2. The zero-order valence-electron chi connectivity index (χ0n) is 11.8. The van der Waals surface area contributed by atoms with Crippen LogP contribution >= 0.6 is 11.6 Å². The summed E-state index contributed by atoms with van der Waals surface area (Å²) in [5.74, 6) is 0.00511. The quantitative estimate of drug-likeness (QED) is 0.913. The topological polar surface area (TPSA) is 41.1 Å². The normalized spacial score (nSPS) is 16.2. The maximum Gasteiger partial charge on any atom is 0.243 e. The summed E-state index contributed by atoms with van der Waals surface area (Å²) in [6.07, 6.45) is 0.728. The van der Waals surface area contributed by atoms with Crippen LogP contribution in [0.4, 0.5) is 5.69 Å². The maximum atomic E-state index is 12.3. The fourth-order valence-electron chi connectivity index (χ4n) is 2.66. The van der Waals surface area contributed by atoms with Gasteiger partial charge in [0.2, 0.25) is 5.91 Å². The number of fused-ring (bicyclic) bond motifs is 1. The van der Waals surface area contributed by atoms with Crippen LogP contribution in [0.15, 0.2) is 42.5 Å². The van der Waals surface area contributed by atoms with Crippen LogP contribution in [0.5, 0.6) is 0 Å². The Morgan fingerprint density at radius 1 is 1.29 bits per heavy atom. The Kier molecular flexibility index (Phi) is 3.84. The molecule has 1 amide bonds. The zero-order chi connectivity index (χ0) is 14.8. The van der Waals surface area contributed by atoms with Gasteiger partial charge in [-0.1, -0.05) is 48.0 Å². The molecule has 0 saturated heterocycles. The van der Waals surface area contributed by atoms with E-state index in [4.69, 9.17) is 11.6 Å². The van der Waals surface area contributed by atoms with Crippen molar-refractivity contribution in [1.82, 2.24) is 5.32 Å². The highest BCUT2D eigenvalue weighted by Gasteiger charge is 2.27. The van der Waals surface area contributed by atoms with Crippen molar-refractivity contribution >= 4 is 23.2 Å². The molecule has 2 aromatic rings. The molecule has 0 radical (unpaired) electrons. The zero-order valence-corrected chi connectivity index (χ0v) is 12.6. The number of carbonyl (C=O) groups is 1. The van der Waals surface area contributed by atoms with Gasteiger partial charge in [0.1, 0.15) is 6.04 Å². The van der Waals surface area contributed by atoms with Crippen LogP contribution in [0, 0.1) is 6.92 Å². The summed E-state index contributed by atoms with van der Waals surface area (Å²) < 4.78 is 0. The van der Waals surface area contributed by atoms with Crippen LogP contribution in [-0.2, 0) is 17.8 Å². The summed E-state index contributed by atoms with van der Waals surface area (Å²) in [5, 5.41) is 6.94. The highest BCUT2D eigenvalue weighted by molar-refractivity contribution is 6.31. The molecule has 0 bridgehead atoms. The second-order valence-electron chi connectivity index (χ2n) is 5.32. The van der Waals surface area contributed by atoms with Gasteiger partial charge in [0, 0.05) is 23.7 Å². The highest BCUT2D eigenvalue weighted by Crippen LogP contribution is 2.29. The van der Waals surface area contributed by atoms with Gasteiger partial charge in [-0.3, -0.25) is 4.79 Å². The molecule has 0 aromatic heterocycles. The maximum absolute atomic E-state index is 12.3. The SMILES string of the molecule is Cc1cccc2c1NC(C(=O)NCc1ccccc1Cl)C2. The fourth-order valence-corrected chi connectivity index (χ4v) is 2.86. The van der Waals surface area contributed by atoms with Gasteiger partial charge < -0.3 is 10.6 Å². The average molecular weight is 301 g/mol. The van der Waals surface area contributed by atoms with E-state index in [0.717, 1.165) is 17.7 Å². The third-order valence-corrected chi connectivity index (χ3v) is 4.20. The van der Waals surface area contributed by atoms with E-state index in [0.29, 0.717) is 11.6 Å². The minimum Gasteiger partial charge on any atom is -0.373 e. The third kappa shape index (κ3) is 2.88. The first kappa shape index (κ1) is 14.0. The largest absolute Gasteiger partial charge is 0.373 e. The van der Waals surface area contributed by atoms with E-state index in [1.165, 1.54) is 11.1 Å². The Balaban J connectivity index is 1.63. The van der Waals surface area contributed by atoms with Crippen molar-refractivity contribution in [2.45, 2.75) is 25.9 Å². The van der Waals surface area contributed by atoms with E-state index in [1.54, 1.807) is 0 Å². The molecule has 2 N–H and O–H groups in total. The Bertz CT molecular complexity index is 684. The standard InChI is InChI=1S/C17H17ClN2O/c1-11-5-4-7-12-9-15(20-16(11)12)17(21)19-10-13-6-2-3-8-14(13)18/h2-8,15,20H,9-10H2,1H3,(H,19,21). The number of amides is 1. The molecule has 3 nitrogen and oxygen atoms in total. The smallest absolute Gasteiger partial charge is 0.243 e. The number of para-hydroxylation sites is 1. The minimum atomic E-state index is -0.205. The van der Waals surface area contributed by atoms with Gasteiger partial charge >= 0.3 is 0 Å². The van der Waals surface area contributed by atoms with Crippen LogP contribution < -0.4 is 10.6 Å². The van der Waals surface area contributed by atoms with Crippen LogP contribution in [0.3, 0.4) is 0 Å². The number of anilines is 1. The van der Waals surface area contributed by atoms with Crippen LogP contribution in [0.2, 0.25) is 5.02 Å². The van der Waals surface area contributed by atoms with Gasteiger partial charge in [-0.05, 0) is 29.7 Å². The van der Waals surface area contributed by atoms with E-state index in [2.05, 4.69) is 29.7 Å². The lowest BCUT2D eigenvalue weighted by atomic mass is 10.1. The van der Waals surface area contributed by atoms with Gasteiger partial charge in [0.15, 0.2) is 0 Å². The predicted molar refractivity (Wildman–Crippen MR) is 85.6 cm³/mol. The molecule has 1 unspecified atom stereocenters. The van der Waals surface area contributed by atoms with E-state index in [-0.39, 0.29) is 11.9 Å². The molecule has 4 heteroatoms. The molecule has 21 heavy (non-hydrogen) atoms. The Hall–Kier alpha value is -2.00. The first-order chi connectivity index (χ1) is 10.1. The number of hydrogen-bond acceptors (Lipinski definition) is 2. The number of aryl methyl sites for hydroxylation is 1. The molecule has 0 aliphatic carbocycles. The van der Waals surface area contributed by atoms with Crippen molar-refractivity contribution < 1.29 is 4.79 Å². The predicted octanol–water partition coefficient (Wildman–Crippen LogP) is 3.30. The molecule has 1 aliphatic heterocycles. The number of halogens is 1. The number of nitrogens with one attached hydrogen (secondary N) is 2. The minimum absolute atomic E-state index is 0.00511. The van der Waals surface area contributed by atoms with Gasteiger partial charge in [-0.25, -0.2) is 0 Å². The summed E-state index contributed by atoms with van der Waals surface area (Å²) in [6, 6.07) is 13.5. The summed E-state index contributed by atoms with van der Waals surface area (Å²) in [5.41, 5.74) is 4.40. The van der Waals surface area contributed by atoms with Gasteiger partial charge in [-0.15, -0.1) is 0 Å². The third-order valence-electron chi connectivity index (χ3n) is 3.83. The van der Waals surface area contributed by atoms with Crippen molar-refractivity contribution in [1.29, 1.82) is 0 Å². The lowest BCUT2D eigenvalue weighted by Crippen LogP contribution is -2.38. The molecular formula is C17H17ClN2O. The molecule has 1 heterocycles. The lowest BCUT2D eigenvalue weighted by Gasteiger charge is -2.13. The molecule has 1 atom stereocenters.